The predicted octanol–water partition coefficient (Wildman–Crippen LogP) is 2.72. The molecule has 0 unspecified atom stereocenters. The van der Waals surface area contributed by atoms with Crippen LogP contribution in [0.3, 0.4) is 0 Å². The number of rotatable bonds is 5. The van der Waals surface area contributed by atoms with E-state index < -0.39 is 21.5 Å². The first-order valence-corrected chi connectivity index (χ1v) is 8.71. The lowest BCUT2D eigenvalue weighted by atomic mass is 9.84. The van der Waals surface area contributed by atoms with Crippen LogP contribution in [0.1, 0.15) is 37.8 Å². The number of aliphatic carboxylic acids is 1. The van der Waals surface area contributed by atoms with Crippen molar-refractivity contribution in [3.63, 3.8) is 0 Å². The van der Waals surface area contributed by atoms with Crippen LogP contribution >= 0.6 is 0 Å². The van der Waals surface area contributed by atoms with E-state index in [1.165, 1.54) is 12.1 Å². The number of nitrogens with zero attached hydrogens (tertiary/aromatic N) is 1. The molecule has 6 nitrogen and oxygen atoms in total. The summed E-state index contributed by atoms with van der Waals surface area (Å²) in [4.78, 5) is 12.5. The molecular weight excluding hydrogens is 318 g/mol. The number of anilines is 1. The van der Waals surface area contributed by atoms with E-state index in [4.69, 9.17) is 5.11 Å². The van der Waals surface area contributed by atoms with E-state index in [-0.39, 0.29) is 11.3 Å². The van der Waals surface area contributed by atoms with Crippen molar-refractivity contribution >= 4 is 21.8 Å². The third-order valence-corrected chi connectivity index (χ3v) is 5.17. The molecule has 0 fully saturated rings. The van der Waals surface area contributed by atoms with Crippen LogP contribution in [-0.4, -0.2) is 30.6 Å². The molecule has 0 bridgehead atoms. The number of hydrogen-bond donors (Lipinski definition) is 2. The van der Waals surface area contributed by atoms with E-state index in [9.17, 15) is 17.8 Å². The Balaban J connectivity index is 2.51. The fraction of sp³-hybridized carbons (Fsp3) is 0.438. The van der Waals surface area contributed by atoms with Gasteiger partial charge in [-0.05, 0) is 36.6 Å². The van der Waals surface area contributed by atoms with Crippen LogP contribution in [0.15, 0.2) is 29.3 Å². The third-order valence-electron chi connectivity index (χ3n) is 4.33. The van der Waals surface area contributed by atoms with Gasteiger partial charge in [-0.15, -0.1) is 0 Å². The molecule has 0 radical (unpaired) electrons. The number of aryl methyl sites for hydroxylation is 1. The Morgan fingerprint density at radius 2 is 1.96 bits per heavy atom. The summed E-state index contributed by atoms with van der Waals surface area (Å²) >= 11 is 0. The smallest absolute Gasteiger partial charge is 0.303 e. The van der Waals surface area contributed by atoms with Gasteiger partial charge >= 0.3 is 5.97 Å². The van der Waals surface area contributed by atoms with Crippen molar-refractivity contribution in [2.75, 3.05) is 11.4 Å². The molecule has 7 heteroatoms. The Hall–Kier alpha value is -1.86. The maximum atomic E-state index is 11.5. The van der Waals surface area contributed by atoms with Crippen molar-refractivity contribution < 1.29 is 22.9 Å². The molecule has 0 saturated carbocycles. The zero-order valence-corrected chi connectivity index (χ0v) is 14.3. The van der Waals surface area contributed by atoms with Crippen LogP contribution in [0.5, 0.6) is 0 Å². The molecular formula is C16H21NO5S. The molecule has 0 saturated heterocycles. The minimum atomic E-state index is -4.29. The van der Waals surface area contributed by atoms with E-state index in [2.05, 4.69) is 6.58 Å². The summed E-state index contributed by atoms with van der Waals surface area (Å²) in [5.41, 5.74) is 2.61. The van der Waals surface area contributed by atoms with Crippen molar-refractivity contribution in [2.24, 2.45) is 0 Å². The molecule has 0 spiro atoms. The second-order valence-electron chi connectivity index (χ2n) is 6.33. The maximum absolute atomic E-state index is 11.5. The summed E-state index contributed by atoms with van der Waals surface area (Å²) in [5.74, 6) is -0.854. The molecule has 1 aromatic rings. The first kappa shape index (κ1) is 17.5. The zero-order valence-electron chi connectivity index (χ0n) is 13.5. The normalized spacial score (nSPS) is 16.5. The van der Waals surface area contributed by atoms with Gasteiger partial charge in [-0.3, -0.25) is 9.35 Å². The minimum Gasteiger partial charge on any atom is -0.481 e. The van der Waals surface area contributed by atoms with Gasteiger partial charge in [-0.2, -0.15) is 8.42 Å². The van der Waals surface area contributed by atoms with Gasteiger partial charge in [0, 0.05) is 29.8 Å². The largest absolute Gasteiger partial charge is 0.481 e. The lowest BCUT2D eigenvalue weighted by Gasteiger charge is -2.26. The van der Waals surface area contributed by atoms with Gasteiger partial charge in [0.15, 0.2) is 0 Å². The van der Waals surface area contributed by atoms with Crippen LogP contribution in [-0.2, 0) is 20.3 Å². The van der Waals surface area contributed by atoms with Crippen molar-refractivity contribution in [1.82, 2.24) is 0 Å². The number of fused-ring (bicyclic) bond motifs is 1. The Labute approximate surface area is 136 Å². The SMILES string of the molecule is C=C1N(CCCC(=O)O)c2c(C)cc(S(=O)(=O)O)cc2C1(C)C. The summed E-state index contributed by atoms with van der Waals surface area (Å²) in [6, 6.07) is 2.90. The summed E-state index contributed by atoms with van der Waals surface area (Å²) in [6.45, 7) is 10.2. The van der Waals surface area contributed by atoms with E-state index in [0.717, 1.165) is 16.9 Å². The summed E-state index contributed by atoms with van der Waals surface area (Å²) in [5, 5.41) is 8.80. The van der Waals surface area contributed by atoms with E-state index in [0.29, 0.717) is 18.5 Å². The maximum Gasteiger partial charge on any atom is 0.303 e. The first-order chi connectivity index (χ1) is 10.5. The quantitative estimate of drug-likeness (QED) is 0.801. The Morgan fingerprint density at radius 1 is 1.35 bits per heavy atom. The fourth-order valence-electron chi connectivity index (χ4n) is 2.99. The molecule has 2 rings (SSSR count). The molecule has 0 atom stereocenters. The van der Waals surface area contributed by atoms with Gasteiger partial charge in [0.1, 0.15) is 0 Å². The highest BCUT2D eigenvalue weighted by atomic mass is 32.2. The van der Waals surface area contributed by atoms with Gasteiger partial charge in [-0.1, -0.05) is 20.4 Å². The Morgan fingerprint density at radius 3 is 2.48 bits per heavy atom. The molecule has 1 aliphatic heterocycles. The van der Waals surface area contributed by atoms with Gasteiger partial charge in [0.2, 0.25) is 0 Å². The molecule has 2 N–H and O–H groups in total. The fourth-order valence-corrected chi connectivity index (χ4v) is 3.59. The van der Waals surface area contributed by atoms with Crippen LogP contribution in [0.2, 0.25) is 0 Å². The van der Waals surface area contributed by atoms with Crippen molar-refractivity contribution in [1.29, 1.82) is 0 Å². The van der Waals surface area contributed by atoms with Gasteiger partial charge in [0.05, 0.1) is 4.90 Å². The first-order valence-electron chi connectivity index (χ1n) is 7.27. The second-order valence-corrected chi connectivity index (χ2v) is 7.75. The number of carboxylic acids is 1. The average Bonchev–Trinajstić information content (AvgIpc) is 2.59. The summed E-state index contributed by atoms with van der Waals surface area (Å²) < 4.78 is 32.2. The van der Waals surface area contributed by atoms with Gasteiger partial charge < -0.3 is 10.0 Å². The standard InChI is InChI=1S/C16H21NO5S/c1-10-8-12(23(20,21)22)9-13-15(10)17(7-5-6-14(18)19)11(2)16(13,3)4/h8-9H,2,5-7H2,1,3-4H3,(H,18,19)(H,20,21,22). The lowest BCUT2D eigenvalue weighted by Crippen LogP contribution is -2.26. The summed E-state index contributed by atoms with van der Waals surface area (Å²) in [6.07, 6.45) is 0.519. The van der Waals surface area contributed by atoms with Crippen LogP contribution in [0.25, 0.3) is 0 Å². The lowest BCUT2D eigenvalue weighted by molar-refractivity contribution is -0.137. The summed E-state index contributed by atoms with van der Waals surface area (Å²) in [7, 11) is -4.29. The van der Waals surface area contributed by atoms with Gasteiger partial charge in [0.25, 0.3) is 10.1 Å². The van der Waals surface area contributed by atoms with Crippen molar-refractivity contribution in [2.45, 2.75) is 43.9 Å². The molecule has 23 heavy (non-hydrogen) atoms. The molecule has 1 aliphatic rings. The number of allylic oxidation sites excluding steroid dienone is 1. The topological polar surface area (TPSA) is 94.9 Å². The third kappa shape index (κ3) is 3.11. The number of carboxylic acid groups (broad SMARTS) is 1. The van der Waals surface area contributed by atoms with Crippen LogP contribution in [0.4, 0.5) is 5.69 Å². The number of hydrogen-bond acceptors (Lipinski definition) is 4. The Bertz CT molecular complexity index is 780. The molecule has 1 aromatic carbocycles. The number of carbonyl (C=O) groups is 1. The van der Waals surface area contributed by atoms with E-state index in [1.807, 2.05) is 18.7 Å². The van der Waals surface area contributed by atoms with Crippen LogP contribution < -0.4 is 4.90 Å². The molecule has 0 aliphatic carbocycles. The number of benzene rings is 1. The van der Waals surface area contributed by atoms with Crippen LogP contribution in [0, 0.1) is 6.92 Å². The molecule has 126 valence electrons. The molecule has 0 amide bonds. The van der Waals surface area contributed by atoms with Gasteiger partial charge in [-0.25, -0.2) is 0 Å². The van der Waals surface area contributed by atoms with Crippen molar-refractivity contribution in [3.8, 4) is 0 Å². The highest BCUT2D eigenvalue weighted by Crippen LogP contribution is 2.49. The van der Waals surface area contributed by atoms with E-state index >= 15 is 0 Å². The monoisotopic (exact) mass is 339 g/mol. The van der Waals surface area contributed by atoms with Crippen molar-refractivity contribution in [3.05, 3.63) is 35.5 Å². The highest BCUT2D eigenvalue weighted by molar-refractivity contribution is 7.85. The molecule has 0 aromatic heterocycles. The Kier molecular flexibility index (Phi) is 4.30. The highest BCUT2D eigenvalue weighted by Gasteiger charge is 2.40. The minimum absolute atomic E-state index is 0.0572. The van der Waals surface area contributed by atoms with E-state index in [1.54, 1.807) is 6.92 Å². The predicted molar refractivity (Wildman–Crippen MR) is 87.4 cm³/mol. The average molecular weight is 339 g/mol. The second kappa shape index (κ2) is 5.65. The molecule has 1 heterocycles. The zero-order chi connectivity index (χ0) is 17.6.